The van der Waals surface area contributed by atoms with Gasteiger partial charge in [-0.2, -0.15) is 9.97 Å². The summed E-state index contributed by atoms with van der Waals surface area (Å²) >= 11 is 0. The topological polar surface area (TPSA) is 116 Å². The van der Waals surface area contributed by atoms with Gasteiger partial charge in [0.2, 0.25) is 5.88 Å². The lowest BCUT2D eigenvalue weighted by Gasteiger charge is -2.38. The number of aryl methyl sites for hydroxylation is 1. The summed E-state index contributed by atoms with van der Waals surface area (Å²) in [5, 5.41) is 12.3. The zero-order valence-electron chi connectivity index (χ0n) is 26.5. The first-order valence-corrected chi connectivity index (χ1v) is 15.6. The van der Waals surface area contributed by atoms with Crippen LogP contribution in [0.2, 0.25) is 0 Å². The third-order valence-corrected chi connectivity index (χ3v) is 8.69. The molecule has 1 aliphatic heterocycles. The molecular weight excluding hydrogens is 598 g/mol. The summed E-state index contributed by atoms with van der Waals surface area (Å²) in [7, 11) is 1.49. The quantitative estimate of drug-likeness (QED) is 0.152. The number of piperidine rings is 1. The van der Waals surface area contributed by atoms with Crippen LogP contribution in [0.1, 0.15) is 52.0 Å². The number of carbonyl (C=O) groups excluding carboxylic acids is 1. The van der Waals surface area contributed by atoms with Crippen LogP contribution in [0.4, 0.5) is 14.6 Å². The van der Waals surface area contributed by atoms with Crippen molar-refractivity contribution in [3.63, 3.8) is 0 Å². The van der Waals surface area contributed by atoms with E-state index in [1.165, 1.54) is 13.2 Å². The van der Waals surface area contributed by atoms with Gasteiger partial charge in [-0.05, 0) is 80.5 Å². The van der Waals surface area contributed by atoms with E-state index in [4.69, 9.17) is 23.9 Å². The van der Waals surface area contributed by atoms with E-state index >= 15 is 8.78 Å². The Labute approximate surface area is 265 Å². The molecule has 46 heavy (non-hydrogen) atoms. The number of carbonyl (C=O) groups is 1. The molecule has 0 bridgehead atoms. The van der Waals surface area contributed by atoms with Crippen LogP contribution < -0.4 is 19.1 Å². The summed E-state index contributed by atoms with van der Waals surface area (Å²) in [5.74, 6) is -0.445. The van der Waals surface area contributed by atoms with Gasteiger partial charge in [0.1, 0.15) is 46.9 Å². The smallest absolute Gasteiger partial charge is 0.319 e. The highest BCUT2D eigenvalue weighted by atomic mass is 19.1. The highest BCUT2D eigenvalue weighted by Gasteiger charge is 2.44. The number of hydrogen-bond acceptors (Lipinski definition) is 10. The van der Waals surface area contributed by atoms with Gasteiger partial charge in [-0.3, -0.25) is 0 Å². The lowest BCUT2D eigenvalue weighted by atomic mass is 9.94. The van der Waals surface area contributed by atoms with Crippen LogP contribution in [0.15, 0.2) is 24.3 Å². The molecular formula is C34H38F2N4O6. The van der Waals surface area contributed by atoms with Crippen molar-refractivity contribution in [2.75, 3.05) is 45.1 Å². The van der Waals surface area contributed by atoms with E-state index in [0.29, 0.717) is 72.1 Å². The molecule has 1 atom stereocenters. The Hall–Kier alpha value is -4.16. The Balaban J connectivity index is 1.63. The molecule has 1 saturated carbocycles. The standard InChI is InChI=1S/C34H38F2N4O6/c1-5-22-24(35)9-8-20-14-21(46-19-43-4)15-23(25(20)22)28-27(36)29-26(31(37-28)44-6-2)30(40-13-7-10-33(3,42)16-40)39-32(38-29)45-18-34(17-41)11-12-34/h8-9,14-15,17,42H,5-7,10-13,16,18-19H2,1-4H3/t33-/m1/s1. The average Bonchev–Trinajstić information content (AvgIpc) is 3.83. The molecule has 1 N–H and O–H groups in total. The first-order valence-electron chi connectivity index (χ1n) is 15.6. The van der Waals surface area contributed by atoms with Crippen LogP contribution in [-0.4, -0.2) is 72.2 Å². The number of pyridine rings is 1. The SMILES string of the molecule is CCOc1nc(-c2cc(OCOC)cc3ccc(F)c(CC)c23)c(F)c2nc(OCC3(C=O)CC3)nc(N3CCC[C@@](C)(O)C3)c12. The number of β-amino-alcohol motifs (C(OH)–C–C–N with tert-alkyl or cyclic N) is 1. The largest absolute Gasteiger partial charge is 0.477 e. The fourth-order valence-corrected chi connectivity index (χ4v) is 6.11. The number of ether oxygens (including phenoxy) is 4. The lowest BCUT2D eigenvalue weighted by molar-refractivity contribution is -0.113. The molecule has 244 valence electrons. The fourth-order valence-electron chi connectivity index (χ4n) is 6.11. The van der Waals surface area contributed by atoms with Crippen molar-refractivity contribution in [2.24, 2.45) is 5.41 Å². The van der Waals surface area contributed by atoms with Gasteiger partial charge in [-0.15, -0.1) is 0 Å². The second kappa shape index (κ2) is 12.6. The predicted octanol–water partition coefficient (Wildman–Crippen LogP) is 5.78. The van der Waals surface area contributed by atoms with Crippen molar-refractivity contribution in [1.82, 2.24) is 15.0 Å². The average molecular weight is 637 g/mol. The van der Waals surface area contributed by atoms with Gasteiger partial charge in [0.25, 0.3) is 0 Å². The van der Waals surface area contributed by atoms with Gasteiger partial charge >= 0.3 is 6.01 Å². The Kier molecular flexibility index (Phi) is 8.68. The van der Waals surface area contributed by atoms with Crippen molar-refractivity contribution in [3.05, 3.63) is 41.5 Å². The van der Waals surface area contributed by atoms with E-state index in [9.17, 15) is 9.90 Å². The molecule has 2 fully saturated rings. The summed E-state index contributed by atoms with van der Waals surface area (Å²) < 4.78 is 55.1. The molecule has 4 aromatic rings. The van der Waals surface area contributed by atoms with Gasteiger partial charge in [0.05, 0.1) is 17.6 Å². The highest BCUT2D eigenvalue weighted by Crippen LogP contribution is 2.45. The van der Waals surface area contributed by atoms with Crippen molar-refractivity contribution in [3.8, 4) is 28.9 Å². The maximum Gasteiger partial charge on any atom is 0.319 e. The Bertz CT molecular complexity index is 1800. The first kappa shape index (κ1) is 31.8. The molecule has 2 aromatic heterocycles. The molecule has 0 radical (unpaired) electrons. The van der Waals surface area contributed by atoms with E-state index in [1.54, 1.807) is 32.0 Å². The number of anilines is 1. The number of hydrogen-bond donors (Lipinski definition) is 1. The van der Waals surface area contributed by atoms with Crippen molar-refractivity contribution < 1.29 is 37.6 Å². The molecule has 0 spiro atoms. The van der Waals surface area contributed by atoms with Crippen LogP contribution in [0.5, 0.6) is 17.6 Å². The number of methoxy groups -OCH3 is 1. The van der Waals surface area contributed by atoms with E-state index < -0.39 is 22.7 Å². The molecule has 2 aliphatic rings. The molecule has 2 aromatic carbocycles. The maximum atomic E-state index is 17.1. The molecule has 3 heterocycles. The van der Waals surface area contributed by atoms with Gasteiger partial charge in [-0.1, -0.05) is 13.0 Å². The third-order valence-electron chi connectivity index (χ3n) is 8.69. The van der Waals surface area contributed by atoms with Gasteiger partial charge in [0, 0.05) is 25.8 Å². The maximum absolute atomic E-state index is 17.1. The predicted molar refractivity (Wildman–Crippen MR) is 169 cm³/mol. The lowest BCUT2D eigenvalue weighted by Crippen LogP contribution is -2.46. The Morgan fingerprint density at radius 2 is 1.85 bits per heavy atom. The van der Waals surface area contributed by atoms with Crippen molar-refractivity contribution in [1.29, 1.82) is 0 Å². The number of rotatable bonds is 12. The molecule has 0 amide bonds. The summed E-state index contributed by atoms with van der Waals surface area (Å²) in [6.45, 7) is 6.34. The third kappa shape index (κ3) is 6.03. The van der Waals surface area contributed by atoms with Gasteiger partial charge in [0.15, 0.2) is 12.6 Å². The van der Waals surface area contributed by atoms with E-state index in [-0.39, 0.29) is 55.0 Å². The Morgan fingerprint density at radius 3 is 2.52 bits per heavy atom. The minimum absolute atomic E-state index is 0.0518. The van der Waals surface area contributed by atoms with E-state index in [2.05, 4.69) is 9.97 Å². The number of aromatic nitrogens is 3. The number of halogens is 2. The summed E-state index contributed by atoms with van der Waals surface area (Å²) in [6, 6.07) is 6.24. The zero-order valence-corrected chi connectivity index (χ0v) is 26.5. The van der Waals surface area contributed by atoms with Gasteiger partial charge in [-0.25, -0.2) is 13.8 Å². The fraction of sp³-hybridized carbons (Fsp3) is 0.471. The minimum Gasteiger partial charge on any atom is -0.477 e. The van der Waals surface area contributed by atoms with Crippen LogP contribution in [0, 0.1) is 17.0 Å². The van der Waals surface area contributed by atoms with E-state index in [0.717, 1.165) is 6.29 Å². The van der Waals surface area contributed by atoms with Crippen molar-refractivity contribution in [2.45, 2.75) is 58.5 Å². The number of nitrogens with zero attached hydrogens (tertiary/aromatic N) is 4. The van der Waals surface area contributed by atoms with Gasteiger partial charge < -0.3 is 33.7 Å². The van der Waals surface area contributed by atoms with E-state index in [1.807, 2.05) is 11.8 Å². The number of aldehydes is 1. The van der Waals surface area contributed by atoms with Crippen molar-refractivity contribution >= 4 is 33.8 Å². The molecule has 6 rings (SSSR count). The normalized spacial score (nSPS) is 19.0. The second-order valence-corrected chi connectivity index (χ2v) is 12.4. The number of fused-ring (bicyclic) bond motifs is 2. The van der Waals surface area contributed by atoms with Crippen LogP contribution >= 0.6 is 0 Å². The van der Waals surface area contributed by atoms with Crippen LogP contribution in [0.25, 0.3) is 32.9 Å². The minimum atomic E-state index is -1.01. The highest BCUT2D eigenvalue weighted by molar-refractivity contribution is 6.03. The number of benzene rings is 2. The summed E-state index contributed by atoms with van der Waals surface area (Å²) in [6.07, 6.45) is 3.87. The monoisotopic (exact) mass is 636 g/mol. The first-order chi connectivity index (χ1) is 22.1. The molecule has 12 heteroatoms. The summed E-state index contributed by atoms with van der Waals surface area (Å²) in [4.78, 5) is 27.4. The Morgan fingerprint density at radius 1 is 1.04 bits per heavy atom. The molecule has 1 saturated heterocycles. The molecule has 10 nitrogen and oxygen atoms in total. The van der Waals surface area contributed by atoms with Crippen LogP contribution in [-0.2, 0) is 16.0 Å². The molecule has 1 aliphatic carbocycles. The summed E-state index contributed by atoms with van der Waals surface area (Å²) in [5.41, 5.74) is -1.14. The zero-order chi connectivity index (χ0) is 32.6. The molecule has 0 unspecified atom stereocenters. The van der Waals surface area contributed by atoms with Crippen LogP contribution in [0.3, 0.4) is 0 Å². The second-order valence-electron chi connectivity index (χ2n) is 12.4. The number of aliphatic hydroxyl groups is 1.